The fourth-order valence-electron chi connectivity index (χ4n) is 1.62. The summed E-state index contributed by atoms with van der Waals surface area (Å²) in [6.45, 7) is 0. The minimum Gasteiger partial charge on any atom is -0.481 e. The number of aromatic nitrogens is 3. The number of nitrogens with zero attached hydrogens (tertiary/aromatic N) is 3. The van der Waals surface area contributed by atoms with E-state index >= 15 is 0 Å². The Kier molecular flexibility index (Phi) is 4.59. The van der Waals surface area contributed by atoms with Gasteiger partial charge in [0.2, 0.25) is 0 Å². The monoisotopic (exact) mass is 333 g/mol. The maximum absolute atomic E-state index is 12.1. The summed E-state index contributed by atoms with van der Waals surface area (Å²) < 4.78 is 41.6. The van der Waals surface area contributed by atoms with Gasteiger partial charge in [0.05, 0.1) is 5.75 Å². The Bertz CT molecular complexity index is 670. The van der Waals surface area contributed by atoms with E-state index in [0.717, 1.165) is 11.8 Å². The number of hydrogen-bond donors (Lipinski definition) is 1. The second kappa shape index (κ2) is 6.26. The second-order valence-electron chi connectivity index (χ2n) is 4.12. The third-order valence-electron chi connectivity index (χ3n) is 2.51. The highest BCUT2D eigenvalue weighted by Crippen LogP contribution is 2.27. The minimum atomic E-state index is -4.74. The van der Waals surface area contributed by atoms with Gasteiger partial charge in [0, 0.05) is 12.6 Å². The highest BCUT2D eigenvalue weighted by atomic mass is 32.2. The first-order valence-corrected chi connectivity index (χ1v) is 6.85. The third kappa shape index (κ3) is 4.13. The fourth-order valence-corrected chi connectivity index (χ4v) is 2.26. The van der Waals surface area contributed by atoms with Gasteiger partial charge in [0.15, 0.2) is 11.0 Å². The number of thioether (sulfide) groups is 1. The van der Waals surface area contributed by atoms with Gasteiger partial charge in [-0.05, 0) is 24.3 Å². The summed E-state index contributed by atoms with van der Waals surface area (Å²) in [4.78, 5) is 10.5. The molecule has 2 rings (SSSR count). The Morgan fingerprint density at radius 3 is 2.50 bits per heavy atom. The van der Waals surface area contributed by atoms with Crippen LogP contribution in [0.5, 0.6) is 5.75 Å². The van der Waals surface area contributed by atoms with Crippen molar-refractivity contribution in [3.63, 3.8) is 0 Å². The lowest BCUT2D eigenvalue weighted by molar-refractivity contribution is -0.274. The summed E-state index contributed by atoms with van der Waals surface area (Å²) in [7, 11) is 1.64. The van der Waals surface area contributed by atoms with Crippen molar-refractivity contribution in [3.8, 4) is 17.1 Å². The van der Waals surface area contributed by atoms with E-state index < -0.39 is 12.3 Å². The highest BCUT2D eigenvalue weighted by Gasteiger charge is 2.31. The quantitative estimate of drug-likeness (QED) is 0.848. The molecule has 0 aliphatic carbocycles. The molecule has 0 atom stereocenters. The number of carboxylic acid groups (broad SMARTS) is 1. The van der Waals surface area contributed by atoms with Crippen LogP contribution < -0.4 is 4.74 Å². The van der Waals surface area contributed by atoms with Gasteiger partial charge in [-0.25, -0.2) is 0 Å². The number of halogens is 3. The molecule has 1 aromatic heterocycles. The predicted molar refractivity (Wildman–Crippen MR) is 71.5 cm³/mol. The molecule has 22 heavy (non-hydrogen) atoms. The molecule has 10 heteroatoms. The number of carboxylic acids is 1. The molecule has 0 bridgehead atoms. The number of ether oxygens (including phenoxy) is 1. The van der Waals surface area contributed by atoms with Crippen molar-refractivity contribution in [1.29, 1.82) is 0 Å². The molecule has 6 nitrogen and oxygen atoms in total. The van der Waals surface area contributed by atoms with Crippen LogP contribution in [0.15, 0.2) is 29.4 Å². The van der Waals surface area contributed by atoms with Gasteiger partial charge < -0.3 is 14.4 Å². The molecular weight excluding hydrogens is 323 g/mol. The van der Waals surface area contributed by atoms with Crippen LogP contribution >= 0.6 is 11.8 Å². The van der Waals surface area contributed by atoms with Crippen molar-refractivity contribution in [2.24, 2.45) is 7.05 Å². The first-order chi connectivity index (χ1) is 10.3. The van der Waals surface area contributed by atoms with Crippen LogP contribution in [0, 0.1) is 0 Å². The number of aliphatic carboxylic acids is 1. The number of rotatable bonds is 5. The van der Waals surface area contributed by atoms with Crippen molar-refractivity contribution >= 4 is 17.7 Å². The summed E-state index contributed by atoms with van der Waals surface area (Å²) >= 11 is 0.998. The molecule has 2 aromatic rings. The van der Waals surface area contributed by atoms with Gasteiger partial charge in [-0.1, -0.05) is 11.8 Å². The third-order valence-corrected chi connectivity index (χ3v) is 3.51. The molecular formula is C12H10F3N3O3S. The van der Waals surface area contributed by atoms with Crippen molar-refractivity contribution in [3.05, 3.63) is 24.3 Å². The first kappa shape index (κ1) is 16.1. The van der Waals surface area contributed by atoms with Crippen LogP contribution in [-0.4, -0.2) is 38.0 Å². The number of hydrogen-bond acceptors (Lipinski definition) is 5. The predicted octanol–water partition coefficient (Wildman–Crippen LogP) is 2.56. The molecule has 1 aromatic carbocycles. The summed E-state index contributed by atoms with van der Waals surface area (Å²) in [6.07, 6.45) is -4.74. The largest absolute Gasteiger partial charge is 0.573 e. The van der Waals surface area contributed by atoms with E-state index in [1.165, 1.54) is 24.3 Å². The van der Waals surface area contributed by atoms with E-state index in [1.54, 1.807) is 11.6 Å². The molecule has 0 aliphatic heterocycles. The highest BCUT2D eigenvalue weighted by molar-refractivity contribution is 7.99. The maximum Gasteiger partial charge on any atom is 0.573 e. The zero-order valence-electron chi connectivity index (χ0n) is 11.2. The van der Waals surface area contributed by atoms with Crippen molar-refractivity contribution in [2.75, 3.05) is 5.75 Å². The molecule has 0 fully saturated rings. The van der Waals surface area contributed by atoms with E-state index in [0.29, 0.717) is 16.5 Å². The van der Waals surface area contributed by atoms with Crippen molar-refractivity contribution < 1.29 is 27.8 Å². The summed E-state index contributed by atoms with van der Waals surface area (Å²) in [5.41, 5.74) is 0.534. The van der Waals surface area contributed by atoms with Crippen LogP contribution in [0.2, 0.25) is 0 Å². The van der Waals surface area contributed by atoms with Crippen molar-refractivity contribution in [2.45, 2.75) is 11.5 Å². The van der Waals surface area contributed by atoms with Gasteiger partial charge in [0.25, 0.3) is 0 Å². The SMILES string of the molecule is Cn1c(SCC(=O)O)nnc1-c1ccc(OC(F)(F)F)cc1. The average Bonchev–Trinajstić information content (AvgIpc) is 2.77. The van der Waals surface area contributed by atoms with Gasteiger partial charge in [-0.15, -0.1) is 23.4 Å². The minimum absolute atomic E-state index is 0.162. The molecule has 1 N–H and O–H groups in total. The second-order valence-corrected chi connectivity index (χ2v) is 5.06. The van der Waals surface area contributed by atoms with Gasteiger partial charge in [-0.3, -0.25) is 4.79 Å². The molecule has 0 aliphatic rings. The smallest absolute Gasteiger partial charge is 0.481 e. The Morgan fingerprint density at radius 2 is 1.95 bits per heavy atom. The lowest BCUT2D eigenvalue weighted by Gasteiger charge is -2.09. The summed E-state index contributed by atoms with van der Waals surface area (Å²) in [6, 6.07) is 5.16. The normalized spacial score (nSPS) is 11.5. The topological polar surface area (TPSA) is 77.2 Å². The summed E-state index contributed by atoms with van der Waals surface area (Å²) in [5.74, 6) is -1.07. The van der Waals surface area contributed by atoms with Crippen LogP contribution in [0.1, 0.15) is 0 Å². The lowest BCUT2D eigenvalue weighted by Crippen LogP contribution is -2.16. The van der Waals surface area contributed by atoms with Gasteiger partial charge in [0.1, 0.15) is 5.75 Å². The molecule has 0 spiro atoms. The number of benzene rings is 1. The molecule has 0 saturated heterocycles. The average molecular weight is 333 g/mol. The number of alkyl halides is 3. The Labute approximate surface area is 126 Å². The Balaban J connectivity index is 2.17. The molecule has 0 amide bonds. The van der Waals surface area contributed by atoms with Crippen molar-refractivity contribution in [1.82, 2.24) is 14.8 Å². The van der Waals surface area contributed by atoms with Crippen LogP contribution in [0.25, 0.3) is 11.4 Å². The van der Waals surface area contributed by atoms with Gasteiger partial charge in [-0.2, -0.15) is 0 Å². The number of carbonyl (C=O) groups is 1. The molecule has 118 valence electrons. The Hall–Kier alpha value is -2.23. The molecule has 1 heterocycles. The zero-order chi connectivity index (χ0) is 16.3. The lowest BCUT2D eigenvalue weighted by atomic mass is 10.2. The Morgan fingerprint density at radius 1 is 1.32 bits per heavy atom. The van der Waals surface area contributed by atoms with Crippen LogP contribution in [0.3, 0.4) is 0 Å². The van der Waals surface area contributed by atoms with E-state index in [-0.39, 0.29) is 11.5 Å². The maximum atomic E-state index is 12.1. The standard InChI is InChI=1S/C12H10F3N3O3S/c1-18-10(16-17-11(18)22-6-9(19)20)7-2-4-8(5-3-7)21-12(13,14)15/h2-5H,6H2,1H3,(H,19,20). The molecule has 0 unspecified atom stereocenters. The van der Waals surface area contributed by atoms with E-state index in [2.05, 4.69) is 14.9 Å². The zero-order valence-corrected chi connectivity index (χ0v) is 12.0. The molecule has 0 saturated carbocycles. The van der Waals surface area contributed by atoms with E-state index in [4.69, 9.17) is 5.11 Å². The van der Waals surface area contributed by atoms with Gasteiger partial charge >= 0.3 is 12.3 Å². The summed E-state index contributed by atoms with van der Waals surface area (Å²) in [5, 5.41) is 16.8. The van der Waals surface area contributed by atoms with E-state index in [9.17, 15) is 18.0 Å². The van der Waals surface area contributed by atoms with Crippen LogP contribution in [0.4, 0.5) is 13.2 Å². The van der Waals surface area contributed by atoms with E-state index in [1.807, 2.05) is 0 Å². The molecule has 0 radical (unpaired) electrons. The first-order valence-electron chi connectivity index (χ1n) is 5.86. The fraction of sp³-hybridized carbons (Fsp3) is 0.250. The van der Waals surface area contributed by atoms with Crippen LogP contribution in [-0.2, 0) is 11.8 Å².